The van der Waals surface area contributed by atoms with Gasteiger partial charge in [0.1, 0.15) is 17.8 Å². The largest absolute Gasteiger partial charge is 0.467 e. The van der Waals surface area contributed by atoms with E-state index in [1.807, 2.05) is 32.9 Å². The third kappa shape index (κ3) is 5.45. The van der Waals surface area contributed by atoms with Crippen molar-refractivity contribution in [2.75, 3.05) is 11.9 Å². The van der Waals surface area contributed by atoms with E-state index in [0.717, 1.165) is 46.5 Å². The van der Waals surface area contributed by atoms with E-state index in [9.17, 15) is 19.2 Å². The van der Waals surface area contributed by atoms with Crippen molar-refractivity contribution in [1.29, 1.82) is 0 Å². The molecule has 4 aromatic rings. The van der Waals surface area contributed by atoms with Gasteiger partial charge in [-0.05, 0) is 111 Å². The lowest BCUT2D eigenvalue weighted by Gasteiger charge is -2.51. The number of nitrogens with one attached hydrogen (secondary N) is 1. The van der Waals surface area contributed by atoms with Crippen molar-refractivity contribution in [3.8, 4) is 0 Å². The van der Waals surface area contributed by atoms with Crippen molar-refractivity contribution >= 4 is 29.3 Å². The van der Waals surface area contributed by atoms with Crippen molar-refractivity contribution in [2.24, 2.45) is 11.8 Å². The summed E-state index contributed by atoms with van der Waals surface area (Å²) in [6, 6.07) is 22.7. The van der Waals surface area contributed by atoms with Gasteiger partial charge in [0.05, 0.1) is 23.9 Å². The number of amides is 4. The molecule has 3 aromatic carbocycles. The number of fused-ring (bicyclic) bond motifs is 3. The molecule has 1 N–H and O–H groups in total. The lowest BCUT2D eigenvalue weighted by Crippen LogP contribution is -2.63. The summed E-state index contributed by atoms with van der Waals surface area (Å²) < 4.78 is 5.74. The fourth-order valence-electron chi connectivity index (χ4n) is 8.21. The predicted molar refractivity (Wildman–Crippen MR) is 178 cm³/mol. The molecule has 2 aliphatic carbocycles. The Bertz CT molecular complexity index is 1840. The van der Waals surface area contributed by atoms with Crippen LogP contribution in [0.2, 0.25) is 0 Å². The monoisotopic (exact) mass is 629 g/mol. The first-order chi connectivity index (χ1) is 22.6. The summed E-state index contributed by atoms with van der Waals surface area (Å²) in [5.41, 5.74) is 5.67. The molecular formula is C39H39N3O5. The van der Waals surface area contributed by atoms with Crippen molar-refractivity contribution in [3.05, 3.63) is 124 Å². The van der Waals surface area contributed by atoms with E-state index in [1.54, 1.807) is 47.6 Å². The minimum Gasteiger partial charge on any atom is -0.467 e. The Balaban J connectivity index is 1.29. The number of imide groups is 1. The van der Waals surface area contributed by atoms with Crippen LogP contribution in [0.5, 0.6) is 0 Å². The molecule has 1 aliphatic heterocycles. The van der Waals surface area contributed by atoms with Crippen LogP contribution < -0.4 is 5.32 Å². The highest BCUT2D eigenvalue weighted by Crippen LogP contribution is 2.47. The van der Waals surface area contributed by atoms with Crippen LogP contribution in [0.15, 0.2) is 83.5 Å². The number of hydrogen-bond donors (Lipinski definition) is 1. The maximum absolute atomic E-state index is 14.9. The van der Waals surface area contributed by atoms with Gasteiger partial charge in [0.25, 0.3) is 11.8 Å². The molecule has 0 bridgehead atoms. The highest BCUT2D eigenvalue weighted by Gasteiger charge is 2.53. The van der Waals surface area contributed by atoms with Crippen LogP contribution in [0.3, 0.4) is 0 Å². The normalized spacial score (nSPS) is 21.6. The molecule has 2 heterocycles. The number of aryl methyl sites for hydroxylation is 3. The average molecular weight is 630 g/mol. The average Bonchev–Trinajstić information content (AvgIpc) is 3.66. The smallest absolute Gasteiger partial charge is 0.262 e. The fraction of sp³-hybridized carbons (Fsp3) is 0.333. The summed E-state index contributed by atoms with van der Waals surface area (Å²) in [6.45, 7) is 5.54. The number of rotatable bonds is 7. The van der Waals surface area contributed by atoms with Crippen molar-refractivity contribution in [2.45, 2.75) is 65.0 Å². The first-order valence-corrected chi connectivity index (χ1v) is 16.4. The molecule has 47 heavy (non-hydrogen) atoms. The topological polar surface area (TPSA) is 99.9 Å². The molecular weight excluding hydrogens is 590 g/mol. The van der Waals surface area contributed by atoms with E-state index in [1.165, 1.54) is 11.1 Å². The summed E-state index contributed by atoms with van der Waals surface area (Å²) in [5, 5.41) is 3.26. The van der Waals surface area contributed by atoms with E-state index in [2.05, 4.69) is 29.6 Å². The van der Waals surface area contributed by atoms with Gasteiger partial charge in [-0.25, -0.2) is 0 Å². The Morgan fingerprint density at radius 2 is 1.49 bits per heavy atom. The number of carbonyl (C=O) groups is 4. The molecule has 1 aromatic heterocycles. The maximum Gasteiger partial charge on any atom is 0.262 e. The van der Waals surface area contributed by atoms with E-state index >= 15 is 0 Å². The van der Waals surface area contributed by atoms with Gasteiger partial charge in [0.15, 0.2) is 0 Å². The molecule has 0 saturated heterocycles. The zero-order valence-electron chi connectivity index (χ0n) is 27.0. The molecule has 8 nitrogen and oxygen atoms in total. The zero-order valence-corrected chi connectivity index (χ0v) is 27.0. The van der Waals surface area contributed by atoms with Gasteiger partial charge in [-0.2, -0.15) is 0 Å². The Kier molecular flexibility index (Phi) is 7.82. The molecule has 7 rings (SSSR count). The molecule has 0 radical (unpaired) electrons. The number of carbonyl (C=O) groups excluding carboxylic acids is 4. The molecule has 0 spiro atoms. The Morgan fingerprint density at radius 3 is 2.11 bits per heavy atom. The molecule has 4 amide bonds. The highest BCUT2D eigenvalue weighted by atomic mass is 16.3. The first-order valence-electron chi connectivity index (χ1n) is 16.4. The van der Waals surface area contributed by atoms with E-state index in [4.69, 9.17) is 4.42 Å². The second-order valence-electron chi connectivity index (χ2n) is 13.5. The summed E-state index contributed by atoms with van der Waals surface area (Å²) in [5.74, 6) is -0.680. The maximum atomic E-state index is 14.9. The standard InChI is InChI=1S/C39H39N3O5/c1-24-17-25(2)35(26(3)18-24)40-38(46)39(15-14-29-19-27-9-4-5-10-28(27)20-30(29)21-39)42(22-31-11-8-16-47-31)34(43)23-41-36(44)32-12-6-7-13-33(32)37(41)45/h4-13,16-18,29-30H,14-15,19-23H2,1-3H3,(H,40,46)/t29?,30?,39-/m1/s1. The third-order valence-electron chi connectivity index (χ3n) is 10.5. The summed E-state index contributed by atoms with van der Waals surface area (Å²) in [4.78, 5) is 58.9. The molecule has 240 valence electrons. The molecule has 1 saturated carbocycles. The Morgan fingerprint density at radius 1 is 0.872 bits per heavy atom. The molecule has 1 fully saturated rings. The van der Waals surface area contributed by atoms with Gasteiger partial charge in [-0.3, -0.25) is 24.1 Å². The van der Waals surface area contributed by atoms with Crippen LogP contribution in [0.25, 0.3) is 0 Å². The predicted octanol–water partition coefficient (Wildman–Crippen LogP) is 6.42. The molecule has 8 heteroatoms. The van der Waals surface area contributed by atoms with Gasteiger partial charge in [-0.1, -0.05) is 54.1 Å². The summed E-state index contributed by atoms with van der Waals surface area (Å²) in [7, 11) is 0. The van der Waals surface area contributed by atoms with Crippen LogP contribution >= 0.6 is 0 Å². The lowest BCUT2D eigenvalue weighted by molar-refractivity contribution is -0.151. The number of hydrogen-bond acceptors (Lipinski definition) is 5. The Labute approximate surface area is 274 Å². The third-order valence-corrected chi connectivity index (χ3v) is 10.5. The van der Waals surface area contributed by atoms with Gasteiger partial charge < -0.3 is 14.6 Å². The van der Waals surface area contributed by atoms with Crippen LogP contribution in [0, 0.1) is 32.6 Å². The summed E-state index contributed by atoms with van der Waals surface area (Å²) in [6.07, 6.45) is 4.96. The molecule has 3 aliphatic rings. The van der Waals surface area contributed by atoms with Crippen molar-refractivity contribution in [1.82, 2.24) is 9.80 Å². The molecule has 2 unspecified atom stereocenters. The minimum absolute atomic E-state index is 0.0300. The second kappa shape index (κ2) is 12.0. The molecule has 3 atom stereocenters. The van der Waals surface area contributed by atoms with Crippen LogP contribution in [0.1, 0.15) is 73.6 Å². The number of benzene rings is 3. The number of nitrogens with zero attached hydrogens (tertiary/aromatic N) is 2. The first kappa shape index (κ1) is 30.7. The van der Waals surface area contributed by atoms with Crippen LogP contribution in [-0.4, -0.2) is 45.5 Å². The fourth-order valence-corrected chi connectivity index (χ4v) is 8.21. The Hall–Kier alpha value is -4.98. The zero-order chi connectivity index (χ0) is 32.9. The van der Waals surface area contributed by atoms with Gasteiger partial charge in [0.2, 0.25) is 11.8 Å². The van der Waals surface area contributed by atoms with Crippen LogP contribution in [0.4, 0.5) is 5.69 Å². The number of furan rings is 1. The highest BCUT2D eigenvalue weighted by molar-refractivity contribution is 6.22. The van der Waals surface area contributed by atoms with Gasteiger partial charge >= 0.3 is 0 Å². The summed E-state index contributed by atoms with van der Waals surface area (Å²) >= 11 is 0. The van der Waals surface area contributed by atoms with E-state index in [0.29, 0.717) is 24.5 Å². The van der Waals surface area contributed by atoms with Gasteiger partial charge in [-0.15, -0.1) is 0 Å². The van der Waals surface area contributed by atoms with Gasteiger partial charge in [0, 0.05) is 5.69 Å². The van der Waals surface area contributed by atoms with E-state index in [-0.39, 0.29) is 29.5 Å². The lowest BCUT2D eigenvalue weighted by atomic mass is 9.62. The minimum atomic E-state index is -1.25. The SMILES string of the molecule is Cc1cc(C)c(NC(=O)[C@@]2(N(Cc3ccco3)C(=O)CN3C(=O)c4ccccc4C3=O)CCC3Cc4ccccc4CC3C2)c(C)c1. The second-order valence-corrected chi connectivity index (χ2v) is 13.5. The number of anilines is 1. The van der Waals surface area contributed by atoms with Crippen molar-refractivity contribution in [3.63, 3.8) is 0 Å². The quantitative estimate of drug-likeness (QED) is 0.238. The van der Waals surface area contributed by atoms with Crippen molar-refractivity contribution < 1.29 is 23.6 Å². The van der Waals surface area contributed by atoms with E-state index < -0.39 is 29.8 Å². The van der Waals surface area contributed by atoms with Crippen LogP contribution in [-0.2, 0) is 29.0 Å².